The molecule has 172 valence electrons. The lowest BCUT2D eigenvalue weighted by atomic mass is 9.73. The molecule has 33 heavy (non-hydrogen) atoms. The summed E-state index contributed by atoms with van der Waals surface area (Å²) in [6, 6.07) is 18.8. The van der Waals surface area contributed by atoms with Gasteiger partial charge in [-0.2, -0.15) is 0 Å². The van der Waals surface area contributed by atoms with E-state index in [1.165, 1.54) is 0 Å². The van der Waals surface area contributed by atoms with Gasteiger partial charge in [0.15, 0.2) is 0 Å². The van der Waals surface area contributed by atoms with Crippen LogP contribution in [0, 0.1) is 12.3 Å². The van der Waals surface area contributed by atoms with Crippen molar-refractivity contribution < 1.29 is 9.47 Å². The smallest absolute Gasteiger partial charge is 0.260 e. The molecule has 1 spiro atoms. The van der Waals surface area contributed by atoms with Crippen LogP contribution in [0.4, 0.5) is 5.82 Å². The SMILES string of the molecule is Cc1nc(N2CCC3(CC2)CO[C@@H](C)[C@H]3N)cc(=O)n1-c1ccc(Oc2ccccc2)cc1. The lowest BCUT2D eigenvalue weighted by molar-refractivity contribution is 0.0974. The van der Waals surface area contributed by atoms with Gasteiger partial charge in [0.1, 0.15) is 23.1 Å². The second-order valence-corrected chi connectivity index (χ2v) is 9.14. The standard InChI is InChI=1S/C26H30N4O3/c1-18-25(27)26(17-32-18)12-14-29(15-13-26)23-16-24(31)30(19(2)28-23)20-8-10-22(11-9-20)33-21-6-4-3-5-7-21/h3-11,16,18,25H,12-15,17,27H2,1-2H3/t18-,25+/m0/s1. The summed E-state index contributed by atoms with van der Waals surface area (Å²) in [5.41, 5.74) is 7.15. The van der Waals surface area contributed by atoms with Crippen LogP contribution >= 0.6 is 0 Å². The molecule has 2 saturated heterocycles. The topological polar surface area (TPSA) is 82.6 Å². The molecular formula is C26H30N4O3. The number of para-hydroxylation sites is 1. The molecule has 2 aromatic carbocycles. The summed E-state index contributed by atoms with van der Waals surface area (Å²) < 4.78 is 13.3. The van der Waals surface area contributed by atoms with E-state index in [2.05, 4.69) is 11.8 Å². The van der Waals surface area contributed by atoms with Crippen molar-refractivity contribution in [1.82, 2.24) is 9.55 Å². The van der Waals surface area contributed by atoms with Gasteiger partial charge in [0, 0.05) is 30.6 Å². The molecule has 0 radical (unpaired) electrons. The van der Waals surface area contributed by atoms with E-state index in [4.69, 9.17) is 20.2 Å². The summed E-state index contributed by atoms with van der Waals surface area (Å²) >= 11 is 0. The van der Waals surface area contributed by atoms with Crippen molar-refractivity contribution in [2.75, 3.05) is 24.6 Å². The summed E-state index contributed by atoms with van der Waals surface area (Å²) in [4.78, 5) is 20.0. The van der Waals surface area contributed by atoms with Gasteiger partial charge in [-0.15, -0.1) is 0 Å². The van der Waals surface area contributed by atoms with Crippen LogP contribution in [0.3, 0.4) is 0 Å². The number of benzene rings is 2. The van der Waals surface area contributed by atoms with Crippen molar-refractivity contribution in [3.8, 4) is 17.2 Å². The number of nitrogens with zero attached hydrogens (tertiary/aromatic N) is 3. The van der Waals surface area contributed by atoms with Crippen LogP contribution in [0.5, 0.6) is 11.5 Å². The maximum Gasteiger partial charge on any atom is 0.260 e. The Morgan fingerprint density at radius 2 is 1.73 bits per heavy atom. The fourth-order valence-electron chi connectivity index (χ4n) is 5.00. The Labute approximate surface area is 193 Å². The predicted octanol–water partition coefficient (Wildman–Crippen LogP) is 3.67. The molecule has 0 bridgehead atoms. The van der Waals surface area contributed by atoms with Gasteiger partial charge in [0.2, 0.25) is 0 Å². The highest BCUT2D eigenvalue weighted by atomic mass is 16.5. The molecule has 2 atom stereocenters. The number of aromatic nitrogens is 2. The summed E-state index contributed by atoms with van der Waals surface area (Å²) in [6.07, 6.45) is 2.00. The van der Waals surface area contributed by atoms with Crippen LogP contribution in [0.25, 0.3) is 5.69 Å². The molecule has 0 unspecified atom stereocenters. The van der Waals surface area contributed by atoms with E-state index in [9.17, 15) is 4.79 Å². The highest BCUT2D eigenvalue weighted by Gasteiger charge is 2.47. The third-order valence-electron chi connectivity index (χ3n) is 7.08. The Morgan fingerprint density at radius 1 is 1.06 bits per heavy atom. The highest BCUT2D eigenvalue weighted by Crippen LogP contribution is 2.41. The van der Waals surface area contributed by atoms with Gasteiger partial charge in [-0.05, 0) is 63.1 Å². The van der Waals surface area contributed by atoms with Gasteiger partial charge in [-0.1, -0.05) is 18.2 Å². The van der Waals surface area contributed by atoms with Crippen LogP contribution in [0.15, 0.2) is 65.5 Å². The van der Waals surface area contributed by atoms with Crippen LogP contribution in [-0.2, 0) is 4.74 Å². The number of ether oxygens (including phenoxy) is 2. The third kappa shape index (κ3) is 4.14. The molecule has 2 fully saturated rings. The van der Waals surface area contributed by atoms with E-state index in [1.54, 1.807) is 10.6 Å². The summed E-state index contributed by atoms with van der Waals surface area (Å²) in [7, 11) is 0. The number of anilines is 1. The second kappa shape index (κ2) is 8.65. The van der Waals surface area contributed by atoms with Crippen LogP contribution in [0.1, 0.15) is 25.6 Å². The van der Waals surface area contributed by atoms with E-state index in [1.807, 2.05) is 61.5 Å². The Kier molecular flexibility index (Phi) is 5.68. The first-order valence-corrected chi connectivity index (χ1v) is 11.5. The van der Waals surface area contributed by atoms with Crippen LogP contribution in [-0.4, -0.2) is 41.4 Å². The maximum atomic E-state index is 13.0. The zero-order valence-corrected chi connectivity index (χ0v) is 19.1. The van der Waals surface area contributed by atoms with Gasteiger partial charge >= 0.3 is 0 Å². The van der Waals surface area contributed by atoms with Crippen LogP contribution in [0.2, 0.25) is 0 Å². The lowest BCUT2D eigenvalue weighted by Crippen LogP contribution is -2.51. The second-order valence-electron chi connectivity index (χ2n) is 9.14. The van der Waals surface area contributed by atoms with Gasteiger partial charge in [0.05, 0.1) is 18.4 Å². The number of piperidine rings is 1. The summed E-state index contributed by atoms with van der Waals surface area (Å²) in [5.74, 6) is 2.87. The molecule has 3 heterocycles. The third-order valence-corrected chi connectivity index (χ3v) is 7.08. The zero-order valence-electron chi connectivity index (χ0n) is 19.1. The number of hydrogen-bond acceptors (Lipinski definition) is 6. The molecule has 2 aliphatic heterocycles. The molecule has 7 heteroatoms. The van der Waals surface area contributed by atoms with Crippen molar-refractivity contribution in [3.05, 3.63) is 76.8 Å². The average Bonchev–Trinajstić information content (AvgIpc) is 3.09. The first-order valence-electron chi connectivity index (χ1n) is 11.5. The summed E-state index contributed by atoms with van der Waals surface area (Å²) in [6.45, 7) is 6.29. The van der Waals surface area contributed by atoms with E-state index >= 15 is 0 Å². The molecule has 2 N–H and O–H groups in total. The zero-order chi connectivity index (χ0) is 23.0. The molecule has 1 aromatic heterocycles. The fourth-order valence-corrected chi connectivity index (χ4v) is 5.00. The molecule has 7 nitrogen and oxygen atoms in total. The first kappa shape index (κ1) is 21.7. The minimum atomic E-state index is -0.0935. The quantitative estimate of drug-likeness (QED) is 0.659. The molecule has 0 saturated carbocycles. The van der Waals surface area contributed by atoms with E-state index < -0.39 is 0 Å². The van der Waals surface area contributed by atoms with Gasteiger partial charge in [-0.25, -0.2) is 4.98 Å². The van der Waals surface area contributed by atoms with Crippen molar-refractivity contribution in [1.29, 1.82) is 0 Å². The minimum Gasteiger partial charge on any atom is -0.457 e. The maximum absolute atomic E-state index is 13.0. The number of aryl methyl sites for hydroxylation is 1. The number of rotatable bonds is 4. The summed E-state index contributed by atoms with van der Waals surface area (Å²) in [5, 5.41) is 0. The largest absolute Gasteiger partial charge is 0.457 e. The van der Waals surface area contributed by atoms with Crippen molar-refractivity contribution in [2.45, 2.75) is 38.8 Å². The van der Waals surface area contributed by atoms with Gasteiger partial charge in [0.25, 0.3) is 5.56 Å². The normalized spacial score (nSPS) is 22.0. The molecule has 0 amide bonds. The van der Waals surface area contributed by atoms with Crippen molar-refractivity contribution in [2.24, 2.45) is 11.1 Å². The number of nitrogens with two attached hydrogens (primary N) is 1. The fraction of sp³-hybridized carbons (Fsp3) is 0.385. The minimum absolute atomic E-state index is 0.0452. The van der Waals surface area contributed by atoms with Gasteiger partial charge in [-0.3, -0.25) is 9.36 Å². The van der Waals surface area contributed by atoms with Crippen molar-refractivity contribution >= 4 is 5.82 Å². The molecule has 3 aromatic rings. The molecule has 5 rings (SSSR count). The average molecular weight is 447 g/mol. The Morgan fingerprint density at radius 3 is 2.33 bits per heavy atom. The predicted molar refractivity (Wildman–Crippen MR) is 128 cm³/mol. The van der Waals surface area contributed by atoms with Crippen molar-refractivity contribution in [3.63, 3.8) is 0 Å². The van der Waals surface area contributed by atoms with Crippen LogP contribution < -0.4 is 20.9 Å². The van der Waals surface area contributed by atoms with E-state index in [-0.39, 0.29) is 23.1 Å². The monoisotopic (exact) mass is 446 g/mol. The van der Waals surface area contributed by atoms with E-state index in [0.717, 1.165) is 49.8 Å². The Bertz CT molecular complexity index is 1170. The molecule has 2 aliphatic rings. The lowest BCUT2D eigenvalue weighted by Gasteiger charge is -2.41. The highest BCUT2D eigenvalue weighted by molar-refractivity contribution is 5.44. The first-order chi connectivity index (χ1) is 15.9. The Balaban J connectivity index is 1.32. The molecule has 0 aliphatic carbocycles. The Hall–Kier alpha value is -3.16. The van der Waals surface area contributed by atoms with E-state index in [0.29, 0.717) is 11.6 Å². The molecular weight excluding hydrogens is 416 g/mol. The van der Waals surface area contributed by atoms with Gasteiger partial charge < -0.3 is 20.1 Å². The number of hydrogen-bond donors (Lipinski definition) is 1.